The van der Waals surface area contributed by atoms with E-state index in [0.717, 1.165) is 33.7 Å². The summed E-state index contributed by atoms with van der Waals surface area (Å²) in [7, 11) is 0. The molecule has 0 spiro atoms. The van der Waals surface area contributed by atoms with E-state index >= 15 is 0 Å². The average Bonchev–Trinajstić information content (AvgIpc) is 3.20. The van der Waals surface area contributed by atoms with Gasteiger partial charge in [-0.25, -0.2) is 0 Å². The van der Waals surface area contributed by atoms with Crippen LogP contribution in [0.2, 0.25) is 0 Å². The SMILES string of the molecule is CCOc1ccc(-n2c(SCc3cc(C)ccc3C)nnc2-c2cccnc2)cc1. The molecule has 0 aliphatic carbocycles. The number of nitrogens with zero attached hydrogens (tertiary/aromatic N) is 4. The summed E-state index contributed by atoms with van der Waals surface area (Å²) in [5.41, 5.74) is 5.78. The van der Waals surface area contributed by atoms with Crippen molar-refractivity contribution in [2.24, 2.45) is 0 Å². The number of ether oxygens (including phenoxy) is 1. The van der Waals surface area contributed by atoms with Gasteiger partial charge in [-0.3, -0.25) is 9.55 Å². The first-order valence-electron chi connectivity index (χ1n) is 9.93. The summed E-state index contributed by atoms with van der Waals surface area (Å²) in [6, 6.07) is 18.5. The quantitative estimate of drug-likeness (QED) is 0.365. The van der Waals surface area contributed by atoms with E-state index in [4.69, 9.17) is 4.74 Å². The molecule has 4 rings (SSSR count). The van der Waals surface area contributed by atoms with Crippen LogP contribution >= 0.6 is 11.8 Å². The molecule has 2 aromatic heterocycles. The largest absolute Gasteiger partial charge is 0.494 e. The zero-order valence-corrected chi connectivity index (χ0v) is 18.2. The number of thioether (sulfide) groups is 1. The molecule has 5 nitrogen and oxygen atoms in total. The summed E-state index contributed by atoms with van der Waals surface area (Å²) < 4.78 is 7.68. The Bertz CT molecular complexity index is 1120. The molecule has 0 radical (unpaired) electrons. The van der Waals surface area contributed by atoms with E-state index < -0.39 is 0 Å². The summed E-state index contributed by atoms with van der Waals surface area (Å²) in [6.07, 6.45) is 3.57. The molecule has 2 heterocycles. The normalized spacial score (nSPS) is 10.9. The van der Waals surface area contributed by atoms with Crippen LogP contribution in [0.25, 0.3) is 17.1 Å². The highest BCUT2D eigenvalue weighted by Crippen LogP contribution is 2.31. The Morgan fingerprint density at radius 2 is 1.83 bits per heavy atom. The lowest BCUT2D eigenvalue weighted by molar-refractivity contribution is 0.340. The molecule has 6 heteroatoms. The van der Waals surface area contributed by atoms with Crippen LogP contribution in [0.5, 0.6) is 5.75 Å². The Morgan fingerprint density at radius 1 is 1.00 bits per heavy atom. The van der Waals surface area contributed by atoms with Gasteiger partial charge in [0.1, 0.15) is 5.75 Å². The molecule has 0 unspecified atom stereocenters. The predicted molar refractivity (Wildman–Crippen MR) is 121 cm³/mol. The standard InChI is InChI=1S/C24H24N4OS/c1-4-29-22-11-9-21(10-12-22)28-23(19-6-5-13-25-15-19)26-27-24(28)30-16-20-14-17(2)7-8-18(20)3/h5-15H,4,16H2,1-3H3. The molecule has 30 heavy (non-hydrogen) atoms. The number of aryl methyl sites for hydroxylation is 2. The van der Waals surface area contributed by atoms with E-state index in [1.165, 1.54) is 16.7 Å². The summed E-state index contributed by atoms with van der Waals surface area (Å²) in [5, 5.41) is 9.85. The van der Waals surface area contributed by atoms with Crippen LogP contribution in [-0.4, -0.2) is 26.4 Å². The average molecular weight is 417 g/mol. The van der Waals surface area contributed by atoms with Crippen LogP contribution in [0.1, 0.15) is 23.6 Å². The Balaban J connectivity index is 1.71. The second kappa shape index (κ2) is 9.13. The maximum absolute atomic E-state index is 5.60. The van der Waals surface area contributed by atoms with Gasteiger partial charge in [-0.15, -0.1) is 10.2 Å². The molecular weight excluding hydrogens is 392 g/mol. The first kappa shape index (κ1) is 20.2. The fourth-order valence-corrected chi connectivity index (χ4v) is 4.25. The summed E-state index contributed by atoms with van der Waals surface area (Å²) in [4.78, 5) is 4.25. The van der Waals surface area contributed by atoms with Crippen molar-refractivity contribution in [3.05, 3.63) is 83.7 Å². The molecule has 0 N–H and O–H groups in total. The highest BCUT2D eigenvalue weighted by atomic mass is 32.2. The van der Waals surface area contributed by atoms with Gasteiger partial charge in [-0.2, -0.15) is 0 Å². The molecular formula is C24H24N4OS. The van der Waals surface area contributed by atoms with Crippen LogP contribution in [0.3, 0.4) is 0 Å². The minimum atomic E-state index is 0.643. The fourth-order valence-electron chi connectivity index (χ4n) is 3.23. The number of hydrogen-bond donors (Lipinski definition) is 0. The second-order valence-electron chi connectivity index (χ2n) is 7.03. The van der Waals surface area contributed by atoms with Gasteiger partial charge in [0.25, 0.3) is 0 Å². The van der Waals surface area contributed by atoms with Gasteiger partial charge in [-0.1, -0.05) is 35.5 Å². The fraction of sp³-hybridized carbons (Fsp3) is 0.208. The minimum absolute atomic E-state index is 0.643. The maximum Gasteiger partial charge on any atom is 0.196 e. The number of pyridine rings is 1. The lowest BCUT2D eigenvalue weighted by atomic mass is 10.1. The molecule has 0 fully saturated rings. The third-order valence-electron chi connectivity index (χ3n) is 4.82. The lowest BCUT2D eigenvalue weighted by Crippen LogP contribution is -2.01. The van der Waals surface area contributed by atoms with Gasteiger partial charge in [0.05, 0.1) is 6.61 Å². The van der Waals surface area contributed by atoms with E-state index in [2.05, 4.69) is 51.8 Å². The van der Waals surface area contributed by atoms with Crippen molar-refractivity contribution in [1.82, 2.24) is 19.7 Å². The van der Waals surface area contributed by atoms with Gasteiger partial charge >= 0.3 is 0 Å². The van der Waals surface area contributed by atoms with Crippen molar-refractivity contribution in [3.63, 3.8) is 0 Å². The molecule has 0 saturated heterocycles. The Kier molecular flexibility index (Phi) is 6.14. The Hall–Kier alpha value is -3.12. The number of hydrogen-bond acceptors (Lipinski definition) is 5. The first-order chi connectivity index (χ1) is 14.7. The minimum Gasteiger partial charge on any atom is -0.494 e. The predicted octanol–water partition coefficient (Wildman–Crippen LogP) is 5.64. The van der Waals surface area contributed by atoms with E-state index in [0.29, 0.717) is 6.61 Å². The Labute approximate surface area is 181 Å². The van der Waals surface area contributed by atoms with Crippen molar-refractivity contribution in [2.75, 3.05) is 6.61 Å². The van der Waals surface area contributed by atoms with Crippen LogP contribution in [0.4, 0.5) is 0 Å². The van der Waals surface area contributed by atoms with Crippen LogP contribution in [-0.2, 0) is 5.75 Å². The van der Waals surface area contributed by atoms with Crippen molar-refractivity contribution < 1.29 is 4.74 Å². The van der Waals surface area contributed by atoms with Crippen molar-refractivity contribution in [1.29, 1.82) is 0 Å². The van der Waals surface area contributed by atoms with Gasteiger partial charge in [0, 0.05) is 29.4 Å². The summed E-state index contributed by atoms with van der Waals surface area (Å²) >= 11 is 1.69. The number of aromatic nitrogens is 4. The second-order valence-corrected chi connectivity index (χ2v) is 7.97. The van der Waals surface area contributed by atoms with E-state index in [9.17, 15) is 0 Å². The zero-order chi connectivity index (χ0) is 20.9. The lowest BCUT2D eigenvalue weighted by Gasteiger charge is -2.12. The third-order valence-corrected chi connectivity index (χ3v) is 5.80. The van der Waals surface area contributed by atoms with E-state index in [-0.39, 0.29) is 0 Å². The van der Waals surface area contributed by atoms with E-state index in [1.54, 1.807) is 18.0 Å². The van der Waals surface area contributed by atoms with Gasteiger partial charge in [0.15, 0.2) is 11.0 Å². The van der Waals surface area contributed by atoms with Crippen LogP contribution in [0.15, 0.2) is 72.1 Å². The topological polar surface area (TPSA) is 52.8 Å². The molecule has 2 aromatic carbocycles. The molecule has 0 aliphatic heterocycles. The molecule has 0 amide bonds. The molecule has 0 bridgehead atoms. The summed E-state index contributed by atoms with van der Waals surface area (Å²) in [6.45, 7) is 6.89. The Morgan fingerprint density at radius 3 is 2.57 bits per heavy atom. The number of rotatable bonds is 7. The molecule has 0 saturated carbocycles. The molecule has 0 atom stereocenters. The molecule has 4 aromatic rings. The first-order valence-corrected chi connectivity index (χ1v) is 10.9. The summed E-state index contributed by atoms with van der Waals surface area (Å²) in [5.74, 6) is 2.45. The van der Waals surface area contributed by atoms with E-state index in [1.807, 2.05) is 49.5 Å². The van der Waals surface area contributed by atoms with Gasteiger partial charge in [0.2, 0.25) is 0 Å². The van der Waals surface area contributed by atoms with Crippen molar-refractivity contribution in [3.8, 4) is 22.8 Å². The molecule has 0 aliphatic rings. The van der Waals surface area contributed by atoms with Gasteiger partial charge in [-0.05, 0) is 68.3 Å². The van der Waals surface area contributed by atoms with Crippen LogP contribution < -0.4 is 4.74 Å². The van der Waals surface area contributed by atoms with Crippen molar-refractivity contribution >= 4 is 11.8 Å². The van der Waals surface area contributed by atoms with Crippen LogP contribution in [0, 0.1) is 13.8 Å². The third kappa shape index (κ3) is 4.39. The smallest absolute Gasteiger partial charge is 0.196 e. The van der Waals surface area contributed by atoms with Gasteiger partial charge < -0.3 is 4.74 Å². The zero-order valence-electron chi connectivity index (χ0n) is 17.4. The van der Waals surface area contributed by atoms with Crippen molar-refractivity contribution in [2.45, 2.75) is 31.7 Å². The number of benzene rings is 2. The maximum atomic E-state index is 5.60. The monoisotopic (exact) mass is 416 g/mol. The highest BCUT2D eigenvalue weighted by molar-refractivity contribution is 7.98. The molecule has 152 valence electrons. The highest BCUT2D eigenvalue weighted by Gasteiger charge is 2.17.